The molecule has 0 saturated heterocycles. The number of hydrogen-bond donors (Lipinski definition) is 3. The van der Waals surface area contributed by atoms with Crippen LogP contribution in [0.1, 0.15) is 36.9 Å². The van der Waals surface area contributed by atoms with E-state index in [2.05, 4.69) is 20.3 Å². The summed E-state index contributed by atoms with van der Waals surface area (Å²) in [5.74, 6) is 1.09. The number of nitrogens with zero attached hydrogens (tertiary/aromatic N) is 4. The molecular weight excluding hydrogens is 362 g/mol. The van der Waals surface area contributed by atoms with Gasteiger partial charge in [0.1, 0.15) is 11.4 Å². The Bertz CT molecular complexity index is 838. The zero-order chi connectivity index (χ0) is 20.1. The fraction of sp³-hybridized carbons (Fsp3) is 0.500. The molecule has 2 heterocycles. The van der Waals surface area contributed by atoms with Gasteiger partial charge in [0.15, 0.2) is 0 Å². The number of ether oxygens (including phenoxy) is 1. The standard InChI is InChI=1S/C18H25N7O3/c1-28-15-6-7-21-9-12(15)10-22-18-23-14(16(25(26)27)17(20)24-18)8-11-2-4-13(19)5-3-11/h6-7,9,11,13H,2-5,8,10,19H2,1H3,(H3,20,22,23,24)/t11-,13-. The van der Waals surface area contributed by atoms with Crippen LogP contribution >= 0.6 is 0 Å². The average Bonchev–Trinajstić information content (AvgIpc) is 2.67. The Labute approximate surface area is 162 Å². The highest BCUT2D eigenvalue weighted by Gasteiger charge is 2.27. The van der Waals surface area contributed by atoms with Crippen LogP contribution < -0.4 is 21.5 Å². The number of nitrogen functional groups attached to an aromatic ring is 1. The van der Waals surface area contributed by atoms with Gasteiger partial charge in [0.05, 0.1) is 12.0 Å². The van der Waals surface area contributed by atoms with Crippen molar-refractivity contribution in [2.24, 2.45) is 11.7 Å². The van der Waals surface area contributed by atoms with E-state index in [1.807, 2.05) is 0 Å². The number of nitro groups is 1. The van der Waals surface area contributed by atoms with Crippen LogP contribution in [0.25, 0.3) is 0 Å². The molecule has 0 amide bonds. The summed E-state index contributed by atoms with van der Waals surface area (Å²) in [5, 5.41) is 14.6. The summed E-state index contributed by atoms with van der Waals surface area (Å²) < 4.78 is 5.30. The Balaban J connectivity index is 1.80. The van der Waals surface area contributed by atoms with Crippen LogP contribution in [0.3, 0.4) is 0 Å². The summed E-state index contributed by atoms with van der Waals surface area (Å²) in [6, 6.07) is 1.97. The lowest BCUT2D eigenvalue weighted by Crippen LogP contribution is -2.27. The zero-order valence-corrected chi connectivity index (χ0v) is 15.8. The van der Waals surface area contributed by atoms with E-state index in [1.165, 1.54) is 0 Å². The fourth-order valence-corrected chi connectivity index (χ4v) is 3.53. The summed E-state index contributed by atoms with van der Waals surface area (Å²) >= 11 is 0. The van der Waals surface area contributed by atoms with Gasteiger partial charge < -0.3 is 21.5 Å². The summed E-state index contributed by atoms with van der Waals surface area (Å²) in [7, 11) is 1.58. The van der Waals surface area contributed by atoms with Gasteiger partial charge in [0.25, 0.3) is 0 Å². The second kappa shape index (κ2) is 8.79. The van der Waals surface area contributed by atoms with Crippen LogP contribution in [0.2, 0.25) is 0 Å². The topological polar surface area (TPSA) is 155 Å². The summed E-state index contributed by atoms with van der Waals surface area (Å²) in [6.45, 7) is 0.353. The fourth-order valence-electron chi connectivity index (χ4n) is 3.53. The van der Waals surface area contributed by atoms with Crippen molar-refractivity contribution >= 4 is 17.5 Å². The predicted octanol–water partition coefficient (Wildman–Crippen LogP) is 2.04. The van der Waals surface area contributed by atoms with Crippen LogP contribution in [0, 0.1) is 16.0 Å². The van der Waals surface area contributed by atoms with Gasteiger partial charge in [-0.05, 0) is 44.1 Å². The lowest BCUT2D eigenvalue weighted by atomic mass is 9.83. The van der Waals surface area contributed by atoms with E-state index in [0.29, 0.717) is 30.3 Å². The second-order valence-corrected chi connectivity index (χ2v) is 7.01. The monoisotopic (exact) mass is 387 g/mol. The molecule has 28 heavy (non-hydrogen) atoms. The van der Waals surface area contributed by atoms with Crippen LogP contribution in [0.4, 0.5) is 17.5 Å². The minimum atomic E-state index is -0.507. The van der Waals surface area contributed by atoms with E-state index >= 15 is 0 Å². The quantitative estimate of drug-likeness (QED) is 0.478. The largest absolute Gasteiger partial charge is 0.496 e. The SMILES string of the molecule is COc1ccncc1CNc1nc(N)c([N+](=O)[O-])c(C[C@H]2CC[C@H](N)CC2)n1. The van der Waals surface area contributed by atoms with E-state index in [1.54, 1.807) is 25.6 Å². The van der Waals surface area contributed by atoms with Gasteiger partial charge in [-0.15, -0.1) is 0 Å². The van der Waals surface area contributed by atoms with Crippen molar-refractivity contribution in [3.05, 3.63) is 39.8 Å². The Morgan fingerprint density at radius 3 is 2.75 bits per heavy atom. The molecule has 5 N–H and O–H groups in total. The first-order valence-electron chi connectivity index (χ1n) is 9.25. The molecule has 3 rings (SSSR count). The molecule has 10 heteroatoms. The third-order valence-corrected chi connectivity index (χ3v) is 5.05. The van der Waals surface area contributed by atoms with Crippen molar-refractivity contribution in [2.75, 3.05) is 18.2 Å². The molecule has 1 aliphatic carbocycles. The molecule has 0 spiro atoms. The number of rotatable bonds is 7. The van der Waals surface area contributed by atoms with Crippen molar-refractivity contribution in [2.45, 2.75) is 44.7 Å². The first-order chi connectivity index (χ1) is 13.5. The lowest BCUT2D eigenvalue weighted by molar-refractivity contribution is -0.385. The molecule has 1 aliphatic rings. The van der Waals surface area contributed by atoms with E-state index in [0.717, 1.165) is 31.2 Å². The molecule has 0 radical (unpaired) electrons. The molecule has 2 aromatic heterocycles. The highest BCUT2D eigenvalue weighted by molar-refractivity contribution is 5.58. The predicted molar refractivity (Wildman–Crippen MR) is 105 cm³/mol. The lowest BCUT2D eigenvalue weighted by Gasteiger charge is -2.25. The van der Waals surface area contributed by atoms with Crippen LogP contribution in [0.15, 0.2) is 18.5 Å². The molecule has 0 atom stereocenters. The third-order valence-electron chi connectivity index (χ3n) is 5.05. The molecule has 1 saturated carbocycles. The first-order valence-corrected chi connectivity index (χ1v) is 9.25. The van der Waals surface area contributed by atoms with Crippen molar-refractivity contribution < 1.29 is 9.66 Å². The maximum Gasteiger partial charge on any atom is 0.332 e. The summed E-state index contributed by atoms with van der Waals surface area (Å²) in [4.78, 5) is 23.5. The maximum atomic E-state index is 11.5. The number of pyridine rings is 1. The van der Waals surface area contributed by atoms with Crippen molar-refractivity contribution in [1.29, 1.82) is 0 Å². The van der Waals surface area contributed by atoms with Crippen LogP contribution in [0.5, 0.6) is 5.75 Å². The van der Waals surface area contributed by atoms with Crippen LogP contribution in [-0.4, -0.2) is 33.0 Å². The minimum Gasteiger partial charge on any atom is -0.496 e. The summed E-state index contributed by atoms with van der Waals surface area (Å²) in [6.07, 6.45) is 7.50. The zero-order valence-electron chi connectivity index (χ0n) is 15.8. The van der Waals surface area contributed by atoms with E-state index in [9.17, 15) is 10.1 Å². The normalized spacial score (nSPS) is 19.2. The number of hydrogen-bond acceptors (Lipinski definition) is 9. The Kier molecular flexibility index (Phi) is 6.19. The minimum absolute atomic E-state index is 0.136. The molecule has 1 fully saturated rings. The Morgan fingerprint density at radius 2 is 2.07 bits per heavy atom. The average molecular weight is 387 g/mol. The van der Waals surface area contributed by atoms with Gasteiger partial charge in [-0.3, -0.25) is 15.1 Å². The molecule has 0 aliphatic heterocycles. The molecule has 2 aromatic rings. The molecule has 10 nitrogen and oxygen atoms in total. The van der Waals surface area contributed by atoms with Crippen molar-refractivity contribution in [3.8, 4) is 5.75 Å². The number of aromatic nitrogens is 3. The van der Waals surface area contributed by atoms with Crippen molar-refractivity contribution in [3.63, 3.8) is 0 Å². The smallest absolute Gasteiger partial charge is 0.332 e. The van der Waals surface area contributed by atoms with E-state index in [-0.39, 0.29) is 23.5 Å². The first kappa shape index (κ1) is 19.7. The van der Waals surface area contributed by atoms with Gasteiger partial charge in [0, 0.05) is 30.5 Å². The van der Waals surface area contributed by atoms with E-state index < -0.39 is 4.92 Å². The molecule has 150 valence electrons. The highest BCUT2D eigenvalue weighted by atomic mass is 16.6. The summed E-state index contributed by atoms with van der Waals surface area (Å²) in [5.41, 5.74) is 12.8. The number of nitrogens with one attached hydrogen (secondary N) is 1. The number of anilines is 2. The second-order valence-electron chi connectivity index (χ2n) is 7.01. The van der Waals surface area contributed by atoms with Crippen LogP contribution in [-0.2, 0) is 13.0 Å². The van der Waals surface area contributed by atoms with Gasteiger partial charge in [-0.1, -0.05) is 0 Å². The van der Waals surface area contributed by atoms with Crippen molar-refractivity contribution in [1.82, 2.24) is 15.0 Å². The van der Waals surface area contributed by atoms with Gasteiger partial charge in [-0.2, -0.15) is 4.98 Å². The highest BCUT2D eigenvalue weighted by Crippen LogP contribution is 2.32. The molecular formula is C18H25N7O3. The third kappa shape index (κ3) is 4.63. The number of methoxy groups -OCH3 is 1. The molecule has 0 unspecified atom stereocenters. The van der Waals surface area contributed by atoms with E-state index in [4.69, 9.17) is 16.2 Å². The van der Waals surface area contributed by atoms with Gasteiger partial charge >= 0.3 is 5.69 Å². The Hall–Kier alpha value is -3.01. The number of nitrogens with two attached hydrogens (primary N) is 2. The molecule has 0 bridgehead atoms. The van der Waals surface area contributed by atoms with Gasteiger partial charge in [-0.25, -0.2) is 4.98 Å². The maximum absolute atomic E-state index is 11.5. The Morgan fingerprint density at radius 1 is 1.32 bits per heavy atom. The van der Waals surface area contributed by atoms with Gasteiger partial charge in [0.2, 0.25) is 11.8 Å². The molecule has 0 aromatic carbocycles.